The van der Waals surface area contributed by atoms with Crippen molar-refractivity contribution < 1.29 is 9.53 Å². The fourth-order valence-corrected chi connectivity index (χ4v) is 2.49. The minimum atomic E-state index is 0. The van der Waals surface area contributed by atoms with Crippen LogP contribution in [-0.2, 0) is 9.53 Å². The van der Waals surface area contributed by atoms with Crippen molar-refractivity contribution >= 4 is 30.7 Å². The second kappa shape index (κ2) is 15.8. The van der Waals surface area contributed by atoms with Gasteiger partial charge in [0.2, 0.25) is 5.91 Å². The van der Waals surface area contributed by atoms with Crippen molar-refractivity contribution in [3.8, 4) is 0 Å². The number of carbonyl (C=O) groups is 1. The van der Waals surface area contributed by atoms with Gasteiger partial charge in [-0.15, -0.1) is 24.8 Å². The summed E-state index contributed by atoms with van der Waals surface area (Å²) in [6.45, 7) is 9.03. The molecule has 2 N–H and O–H groups in total. The smallest absolute Gasteiger partial charge is 0.222 e. The average molecular weight is 358 g/mol. The number of nitrogens with zero attached hydrogens (tertiary/aromatic N) is 2. The standard InChI is InChI=1S/C15H31N3O2.2ClH/c1-2-20-14-13-17-9-11-18(12-10-17)15(19)7-5-3-4-6-8-16;;/h2-14,16H2,1H3;2*1H. The molecule has 1 rings (SSSR count). The molecule has 0 unspecified atom stereocenters. The number of unbranched alkanes of at least 4 members (excludes halogenated alkanes) is 3. The highest BCUT2D eigenvalue weighted by Gasteiger charge is 2.20. The summed E-state index contributed by atoms with van der Waals surface area (Å²) in [6, 6.07) is 0. The molecule has 0 aromatic carbocycles. The first kappa shape index (κ1) is 24.2. The lowest BCUT2D eigenvalue weighted by Crippen LogP contribution is -2.49. The van der Waals surface area contributed by atoms with Gasteiger partial charge in [-0.2, -0.15) is 0 Å². The second-order valence-electron chi connectivity index (χ2n) is 5.37. The van der Waals surface area contributed by atoms with Gasteiger partial charge in [0.15, 0.2) is 0 Å². The zero-order valence-electron chi connectivity index (χ0n) is 13.8. The Morgan fingerprint density at radius 3 is 2.27 bits per heavy atom. The summed E-state index contributed by atoms with van der Waals surface area (Å²) in [5, 5.41) is 0. The van der Waals surface area contributed by atoms with Crippen molar-refractivity contribution in [3.05, 3.63) is 0 Å². The number of hydrogen-bond acceptors (Lipinski definition) is 4. The molecular formula is C15H33Cl2N3O2. The lowest BCUT2D eigenvalue weighted by atomic mass is 10.1. The SMILES string of the molecule is CCOCCN1CCN(C(=O)CCCCCCN)CC1.Cl.Cl. The van der Waals surface area contributed by atoms with E-state index in [0.717, 1.165) is 78.2 Å². The van der Waals surface area contributed by atoms with Gasteiger partial charge in [-0.1, -0.05) is 12.8 Å². The molecule has 7 heteroatoms. The van der Waals surface area contributed by atoms with Crippen LogP contribution < -0.4 is 5.73 Å². The van der Waals surface area contributed by atoms with Gasteiger partial charge >= 0.3 is 0 Å². The highest BCUT2D eigenvalue weighted by Crippen LogP contribution is 2.08. The van der Waals surface area contributed by atoms with Gasteiger partial charge in [-0.3, -0.25) is 9.69 Å². The summed E-state index contributed by atoms with van der Waals surface area (Å²) in [6.07, 6.45) is 5.05. The maximum Gasteiger partial charge on any atom is 0.222 e. The Kier molecular flexibility index (Phi) is 17.4. The zero-order valence-corrected chi connectivity index (χ0v) is 15.4. The maximum atomic E-state index is 12.1. The molecule has 1 heterocycles. The monoisotopic (exact) mass is 357 g/mol. The molecule has 0 atom stereocenters. The van der Waals surface area contributed by atoms with Crippen molar-refractivity contribution in [2.24, 2.45) is 5.73 Å². The molecular weight excluding hydrogens is 325 g/mol. The lowest BCUT2D eigenvalue weighted by molar-refractivity contribution is -0.133. The second-order valence-corrected chi connectivity index (χ2v) is 5.37. The molecule has 0 saturated carbocycles. The summed E-state index contributed by atoms with van der Waals surface area (Å²) in [7, 11) is 0. The van der Waals surface area contributed by atoms with Gasteiger partial charge in [0, 0.05) is 45.8 Å². The number of hydrogen-bond donors (Lipinski definition) is 1. The number of nitrogens with two attached hydrogens (primary N) is 1. The molecule has 0 aliphatic carbocycles. The Balaban J connectivity index is 0. The van der Waals surface area contributed by atoms with E-state index in [0.29, 0.717) is 12.3 Å². The van der Waals surface area contributed by atoms with Crippen molar-refractivity contribution in [1.29, 1.82) is 0 Å². The Morgan fingerprint density at radius 2 is 1.68 bits per heavy atom. The van der Waals surface area contributed by atoms with Gasteiger partial charge in [0.25, 0.3) is 0 Å². The van der Waals surface area contributed by atoms with E-state index in [-0.39, 0.29) is 24.8 Å². The van der Waals surface area contributed by atoms with Crippen LogP contribution in [0.2, 0.25) is 0 Å². The van der Waals surface area contributed by atoms with E-state index in [4.69, 9.17) is 10.5 Å². The van der Waals surface area contributed by atoms with Crippen LogP contribution in [0.15, 0.2) is 0 Å². The number of piperazine rings is 1. The molecule has 5 nitrogen and oxygen atoms in total. The summed E-state index contributed by atoms with van der Waals surface area (Å²) >= 11 is 0. The van der Waals surface area contributed by atoms with Gasteiger partial charge in [0.1, 0.15) is 0 Å². The van der Waals surface area contributed by atoms with Crippen LogP contribution in [0.1, 0.15) is 39.0 Å². The van der Waals surface area contributed by atoms with Crippen LogP contribution in [0.25, 0.3) is 0 Å². The van der Waals surface area contributed by atoms with Crippen LogP contribution in [0.4, 0.5) is 0 Å². The largest absolute Gasteiger partial charge is 0.380 e. The minimum Gasteiger partial charge on any atom is -0.380 e. The van der Waals surface area contributed by atoms with E-state index in [1.807, 2.05) is 11.8 Å². The molecule has 1 amide bonds. The summed E-state index contributed by atoms with van der Waals surface area (Å²) in [5.41, 5.74) is 5.46. The molecule has 0 spiro atoms. The third kappa shape index (κ3) is 10.6. The van der Waals surface area contributed by atoms with Gasteiger partial charge in [-0.05, 0) is 26.3 Å². The molecule has 1 aliphatic heterocycles. The van der Waals surface area contributed by atoms with E-state index >= 15 is 0 Å². The van der Waals surface area contributed by atoms with Crippen molar-refractivity contribution in [2.45, 2.75) is 39.0 Å². The first-order valence-electron chi connectivity index (χ1n) is 8.06. The fourth-order valence-electron chi connectivity index (χ4n) is 2.49. The molecule has 22 heavy (non-hydrogen) atoms. The van der Waals surface area contributed by atoms with Crippen LogP contribution in [0.5, 0.6) is 0 Å². The van der Waals surface area contributed by atoms with Crippen LogP contribution in [0.3, 0.4) is 0 Å². The maximum absolute atomic E-state index is 12.1. The van der Waals surface area contributed by atoms with E-state index in [2.05, 4.69) is 4.90 Å². The molecule has 0 bridgehead atoms. The predicted octanol–water partition coefficient (Wildman–Crippen LogP) is 1.92. The first-order valence-corrected chi connectivity index (χ1v) is 8.06. The van der Waals surface area contributed by atoms with E-state index in [1.165, 1.54) is 0 Å². The molecule has 1 aliphatic rings. The molecule has 0 aromatic rings. The van der Waals surface area contributed by atoms with Gasteiger partial charge in [-0.25, -0.2) is 0 Å². The van der Waals surface area contributed by atoms with Crippen LogP contribution in [0, 0.1) is 0 Å². The van der Waals surface area contributed by atoms with Crippen LogP contribution >= 0.6 is 24.8 Å². The van der Waals surface area contributed by atoms with E-state index in [1.54, 1.807) is 0 Å². The minimum absolute atomic E-state index is 0. The summed E-state index contributed by atoms with van der Waals surface area (Å²) in [5.74, 6) is 0.321. The molecule has 0 radical (unpaired) electrons. The Hall–Kier alpha value is -0.0700. The van der Waals surface area contributed by atoms with Crippen LogP contribution in [-0.4, -0.2) is 68.2 Å². The number of amides is 1. The molecule has 1 fully saturated rings. The third-order valence-electron chi connectivity index (χ3n) is 3.83. The average Bonchev–Trinajstić information content (AvgIpc) is 2.48. The van der Waals surface area contributed by atoms with Gasteiger partial charge in [0.05, 0.1) is 6.61 Å². The van der Waals surface area contributed by atoms with Gasteiger partial charge < -0.3 is 15.4 Å². The highest BCUT2D eigenvalue weighted by atomic mass is 35.5. The highest BCUT2D eigenvalue weighted by molar-refractivity contribution is 5.85. The predicted molar refractivity (Wildman–Crippen MR) is 96.1 cm³/mol. The Labute approximate surface area is 147 Å². The van der Waals surface area contributed by atoms with Crippen molar-refractivity contribution in [2.75, 3.05) is 52.5 Å². The first-order chi connectivity index (χ1) is 9.77. The molecule has 1 saturated heterocycles. The Bertz CT molecular complexity index is 263. The molecule has 0 aromatic heterocycles. The zero-order chi connectivity index (χ0) is 14.6. The summed E-state index contributed by atoms with van der Waals surface area (Å²) < 4.78 is 5.36. The number of halogens is 2. The third-order valence-corrected chi connectivity index (χ3v) is 3.83. The van der Waals surface area contributed by atoms with Crippen molar-refractivity contribution in [1.82, 2.24) is 9.80 Å². The van der Waals surface area contributed by atoms with E-state index < -0.39 is 0 Å². The van der Waals surface area contributed by atoms with Crippen molar-refractivity contribution in [3.63, 3.8) is 0 Å². The fraction of sp³-hybridized carbons (Fsp3) is 0.933. The summed E-state index contributed by atoms with van der Waals surface area (Å²) in [4.78, 5) is 16.4. The van der Waals surface area contributed by atoms with E-state index in [9.17, 15) is 4.79 Å². The topological polar surface area (TPSA) is 58.8 Å². The lowest BCUT2D eigenvalue weighted by Gasteiger charge is -2.34. The quantitative estimate of drug-likeness (QED) is 0.606. The normalized spacial score (nSPS) is 15.1. The number of carbonyl (C=O) groups excluding carboxylic acids is 1. The Morgan fingerprint density at radius 1 is 1.05 bits per heavy atom. The number of ether oxygens (including phenoxy) is 1. The molecule has 134 valence electrons. The number of rotatable bonds is 10.